The van der Waals surface area contributed by atoms with Crippen molar-refractivity contribution >= 4 is 23.4 Å². The number of aliphatic hydroxyl groups excluding tert-OH is 2. The Bertz CT molecular complexity index is 1890. The quantitative estimate of drug-likeness (QED) is 0.145. The zero-order chi connectivity index (χ0) is 37.4. The molecule has 2 amide bonds. The van der Waals surface area contributed by atoms with Gasteiger partial charge in [0.05, 0.1) is 13.1 Å². The van der Waals surface area contributed by atoms with Crippen LogP contribution in [0.2, 0.25) is 0 Å². The number of nitrogens with zero attached hydrogens (tertiary/aromatic N) is 2. The molecule has 52 heavy (non-hydrogen) atoms. The van der Waals surface area contributed by atoms with E-state index in [1.165, 1.54) is 47.8 Å². The van der Waals surface area contributed by atoms with Crippen LogP contribution >= 0.6 is 0 Å². The van der Waals surface area contributed by atoms with Gasteiger partial charge in [0.2, 0.25) is 0 Å². The number of hydrogen-bond acceptors (Lipinski definition) is 8. The largest absolute Gasteiger partial charge is 0.396 e. The van der Waals surface area contributed by atoms with Gasteiger partial charge in [-0.05, 0) is 59.8 Å². The summed E-state index contributed by atoms with van der Waals surface area (Å²) in [6.07, 6.45) is 5.38. The Hall–Kier alpha value is -5.46. The zero-order valence-corrected chi connectivity index (χ0v) is 29.3. The average molecular weight is 709 g/mol. The number of carbonyl (C=O) groups excluding carboxylic acids is 4. The molecule has 4 atom stereocenters. The summed E-state index contributed by atoms with van der Waals surface area (Å²) >= 11 is 0. The molecule has 272 valence electrons. The van der Waals surface area contributed by atoms with Crippen molar-refractivity contribution < 1.29 is 29.4 Å². The topological polar surface area (TPSA) is 177 Å². The molecule has 6 rings (SSSR count). The predicted octanol–water partition coefficient (Wildman–Crippen LogP) is 2.91. The van der Waals surface area contributed by atoms with Crippen molar-refractivity contribution in [1.82, 2.24) is 19.8 Å². The lowest BCUT2D eigenvalue weighted by Gasteiger charge is -2.11. The van der Waals surface area contributed by atoms with E-state index in [-0.39, 0.29) is 72.7 Å². The summed E-state index contributed by atoms with van der Waals surface area (Å²) in [5, 5.41) is 23.2. The van der Waals surface area contributed by atoms with Crippen molar-refractivity contribution in [3.63, 3.8) is 0 Å². The van der Waals surface area contributed by atoms with E-state index >= 15 is 0 Å². The van der Waals surface area contributed by atoms with E-state index in [0.717, 1.165) is 24.0 Å². The molecule has 0 unspecified atom stereocenters. The van der Waals surface area contributed by atoms with E-state index < -0.39 is 22.9 Å². The maximum absolute atomic E-state index is 12.6. The summed E-state index contributed by atoms with van der Waals surface area (Å²) in [5.74, 6) is -0.496. The third kappa shape index (κ3) is 9.45. The van der Waals surface area contributed by atoms with E-state index in [0.29, 0.717) is 24.0 Å². The van der Waals surface area contributed by atoms with E-state index in [1.807, 2.05) is 60.7 Å². The number of nitrogens with one attached hydrogen (secondary N) is 2. The lowest BCUT2D eigenvalue weighted by Crippen LogP contribution is -2.32. The van der Waals surface area contributed by atoms with Gasteiger partial charge in [0.1, 0.15) is 11.1 Å². The van der Waals surface area contributed by atoms with Crippen molar-refractivity contribution in [3.05, 3.63) is 139 Å². The second-order valence-corrected chi connectivity index (χ2v) is 13.4. The van der Waals surface area contributed by atoms with Crippen LogP contribution in [0.3, 0.4) is 0 Å². The van der Waals surface area contributed by atoms with Crippen LogP contribution in [0.15, 0.2) is 94.8 Å². The summed E-state index contributed by atoms with van der Waals surface area (Å²) in [7, 11) is 2.90. The fourth-order valence-corrected chi connectivity index (χ4v) is 6.25. The van der Waals surface area contributed by atoms with E-state index in [4.69, 9.17) is 10.2 Å². The molecule has 12 heteroatoms. The molecule has 4 N–H and O–H groups in total. The molecule has 0 saturated heterocycles. The summed E-state index contributed by atoms with van der Waals surface area (Å²) < 4.78 is 2.81. The zero-order valence-electron chi connectivity index (χ0n) is 29.3. The second kappa shape index (κ2) is 17.2. The minimum absolute atomic E-state index is 0.0382. The maximum atomic E-state index is 12.6. The van der Waals surface area contributed by atoms with E-state index in [2.05, 4.69) is 10.6 Å². The Morgan fingerprint density at radius 2 is 0.981 bits per heavy atom. The van der Waals surface area contributed by atoms with Crippen LogP contribution in [0.1, 0.15) is 78.2 Å². The van der Waals surface area contributed by atoms with Gasteiger partial charge in [0.15, 0.2) is 11.6 Å². The van der Waals surface area contributed by atoms with Gasteiger partial charge in [-0.25, -0.2) is 0 Å². The van der Waals surface area contributed by atoms with E-state index in [9.17, 15) is 28.8 Å². The molecule has 0 bridgehead atoms. The molecule has 12 nitrogen and oxygen atoms in total. The summed E-state index contributed by atoms with van der Waals surface area (Å²) in [6, 6.07) is 21.6. The number of amides is 2. The molecule has 2 fully saturated rings. The standard InChI is InChI=1S/2C20H22N2O4/c2*1-21-19(25)17-8-15(18(24)9-14-7-16(14)12-23)11-22(20(17)26)10-13-5-3-2-4-6-13/h2*2-6,8,11,14,16,23H,7,9-10,12H2,1H3,(H,21,25)/t2*14-,16-/m10/s1. The van der Waals surface area contributed by atoms with Crippen molar-refractivity contribution in [2.24, 2.45) is 23.7 Å². The monoisotopic (exact) mass is 708 g/mol. The van der Waals surface area contributed by atoms with Crippen LogP contribution in [0, 0.1) is 23.7 Å². The first kappa shape index (κ1) is 37.8. The Labute approximate surface area is 301 Å². The minimum atomic E-state index is -0.508. The Kier molecular flexibility index (Phi) is 12.5. The third-order valence-corrected chi connectivity index (χ3v) is 9.65. The normalized spacial score (nSPS) is 18.4. The van der Waals surface area contributed by atoms with Crippen LogP contribution in [-0.4, -0.2) is 70.0 Å². The number of pyridine rings is 2. The van der Waals surface area contributed by atoms with Gasteiger partial charge in [-0.2, -0.15) is 0 Å². The number of rotatable bonds is 14. The van der Waals surface area contributed by atoms with Gasteiger partial charge in [0.25, 0.3) is 22.9 Å². The van der Waals surface area contributed by atoms with Crippen LogP contribution in [0.25, 0.3) is 0 Å². The third-order valence-electron chi connectivity index (χ3n) is 9.65. The summed E-state index contributed by atoms with van der Waals surface area (Å²) in [6.45, 7) is 0.755. The second-order valence-electron chi connectivity index (χ2n) is 13.4. The van der Waals surface area contributed by atoms with Crippen LogP contribution in [0.5, 0.6) is 0 Å². The molecule has 4 aromatic rings. The molecular formula is C40H44N4O8. The fourth-order valence-electron chi connectivity index (χ4n) is 6.25. The van der Waals surface area contributed by atoms with Crippen molar-refractivity contribution in [2.75, 3.05) is 27.3 Å². The Morgan fingerprint density at radius 1 is 0.615 bits per heavy atom. The average Bonchev–Trinajstić information content (AvgIpc) is 4.10. The van der Waals surface area contributed by atoms with Gasteiger partial charge in [0, 0.05) is 63.7 Å². The summed E-state index contributed by atoms with van der Waals surface area (Å²) in [5.41, 5.74) is 1.58. The number of Topliss-reactive ketones (excluding diaryl/α,β-unsaturated/α-hetero) is 2. The first-order valence-corrected chi connectivity index (χ1v) is 17.4. The number of carbonyl (C=O) groups is 4. The highest BCUT2D eigenvalue weighted by Gasteiger charge is 2.39. The molecule has 2 aliphatic rings. The molecule has 2 aromatic carbocycles. The molecule has 2 saturated carbocycles. The first-order valence-electron chi connectivity index (χ1n) is 17.4. The van der Waals surface area contributed by atoms with Gasteiger partial charge in [-0.15, -0.1) is 0 Å². The van der Waals surface area contributed by atoms with E-state index in [1.54, 1.807) is 0 Å². The minimum Gasteiger partial charge on any atom is -0.396 e. The van der Waals surface area contributed by atoms with Gasteiger partial charge in [-0.1, -0.05) is 60.7 Å². The molecule has 0 spiro atoms. The van der Waals surface area contributed by atoms with Crippen molar-refractivity contribution in [3.8, 4) is 0 Å². The smallest absolute Gasteiger partial charge is 0.263 e. The molecule has 2 aliphatic carbocycles. The highest BCUT2D eigenvalue weighted by molar-refractivity contribution is 6.01. The number of ketones is 2. The van der Waals surface area contributed by atoms with Gasteiger partial charge in [-0.3, -0.25) is 28.8 Å². The van der Waals surface area contributed by atoms with Crippen LogP contribution in [-0.2, 0) is 13.1 Å². The molecule has 2 aromatic heterocycles. The van der Waals surface area contributed by atoms with Crippen molar-refractivity contribution in [1.29, 1.82) is 0 Å². The Balaban J connectivity index is 0.000000201. The molecule has 0 radical (unpaired) electrons. The Morgan fingerprint density at radius 3 is 1.29 bits per heavy atom. The molecule has 2 heterocycles. The number of benzene rings is 2. The SMILES string of the molecule is CNC(=O)c1cc(C(=O)C[C@@H]2C[C@H]2CO)cn(Cc2ccccc2)c1=O.CNC(=O)c1cc(C(=O)C[C@H]2C[C@@H]2CO)cn(Cc2ccccc2)c1=O. The lowest BCUT2D eigenvalue weighted by atomic mass is 10.0. The highest BCUT2D eigenvalue weighted by Crippen LogP contribution is 2.42. The number of aliphatic hydroxyl groups is 2. The van der Waals surface area contributed by atoms with Crippen LogP contribution < -0.4 is 21.8 Å². The molecular weight excluding hydrogens is 664 g/mol. The fraction of sp³-hybridized carbons (Fsp3) is 0.350. The first-order chi connectivity index (χ1) is 25.1. The van der Waals surface area contributed by atoms with Crippen LogP contribution in [0.4, 0.5) is 0 Å². The van der Waals surface area contributed by atoms with Gasteiger partial charge < -0.3 is 30.0 Å². The predicted molar refractivity (Wildman–Crippen MR) is 195 cm³/mol. The summed E-state index contributed by atoms with van der Waals surface area (Å²) in [4.78, 5) is 74.6. The van der Waals surface area contributed by atoms with Gasteiger partial charge >= 0.3 is 0 Å². The number of hydrogen-bond donors (Lipinski definition) is 4. The lowest BCUT2D eigenvalue weighted by molar-refractivity contribution is 0.0948. The number of aromatic nitrogens is 2. The molecule has 0 aliphatic heterocycles. The van der Waals surface area contributed by atoms with Crippen molar-refractivity contribution in [2.45, 2.75) is 38.8 Å². The highest BCUT2D eigenvalue weighted by atomic mass is 16.3. The maximum Gasteiger partial charge on any atom is 0.263 e.